The third-order valence-corrected chi connectivity index (χ3v) is 3.37. The number of carbonyl (C=O) groups excluding carboxylic acids is 2. The minimum Gasteiger partial charge on any atom is -0.354 e. The normalized spacial score (nSPS) is 17.8. The molecule has 1 aromatic rings. The summed E-state index contributed by atoms with van der Waals surface area (Å²) in [5.41, 5.74) is 0.785. The van der Waals surface area contributed by atoms with Gasteiger partial charge in [-0.2, -0.15) is 0 Å². The van der Waals surface area contributed by atoms with E-state index in [0.717, 1.165) is 5.56 Å². The number of carbonyl (C=O) groups is 2. The number of alkyl halides is 1. The molecule has 18 heavy (non-hydrogen) atoms. The molecular weight excluding hydrogens is 252 g/mol. The van der Waals surface area contributed by atoms with Crippen LogP contribution in [0.3, 0.4) is 0 Å². The molecule has 0 radical (unpaired) electrons. The van der Waals surface area contributed by atoms with Gasteiger partial charge in [-0.25, -0.2) is 0 Å². The highest BCUT2D eigenvalue weighted by Crippen LogP contribution is 2.22. The SMILES string of the molecule is O=C1CCN(C(=O)C(Cl)c2ccccc2)CCN1. The first-order valence-corrected chi connectivity index (χ1v) is 6.36. The Morgan fingerprint density at radius 2 is 2.00 bits per heavy atom. The molecule has 0 saturated carbocycles. The van der Waals surface area contributed by atoms with Crippen molar-refractivity contribution in [3.63, 3.8) is 0 Å². The number of hydrogen-bond donors (Lipinski definition) is 1. The lowest BCUT2D eigenvalue weighted by atomic mass is 10.1. The number of amides is 2. The summed E-state index contributed by atoms with van der Waals surface area (Å²) in [5, 5.41) is 2.05. The van der Waals surface area contributed by atoms with Gasteiger partial charge in [0.15, 0.2) is 0 Å². The van der Waals surface area contributed by atoms with Gasteiger partial charge in [-0.1, -0.05) is 30.3 Å². The van der Waals surface area contributed by atoms with E-state index < -0.39 is 5.38 Å². The van der Waals surface area contributed by atoms with Crippen molar-refractivity contribution in [2.24, 2.45) is 0 Å². The molecule has 2 rings (SSSR count). The van der Waals surface area contributed by atoms with Gasteiger partial charge in [0.2, 0.25) is 11.8 Å². The van der Waals surface area contributed by atoms with Crippen LogP contribution >= 0.6 is 11.6 Å². The van der Waals surface area contributed by atoms with Gasteiger partial charge in [-0.15, -0.1) is 11.6 Å². The maximum Gasteiger partial charge on any atom is 0.245 e. The van der Waals surface area contributed by atoms with Crippen LogP contribution in [0, 0.1) is 0 Å². The zero-order valence-corrected chi connectivity index (χ0v) is 10.7. The lowest BCUT2D eigenvalue weighted by Gasteiger charge is -2.22. The molecule has 1 aliphatic heterocycles. The van der Waals surface area contributed by atoms with Crippen molar-refractivity contribution < 1.29 is 9.59 Å². The van der Waals surface area contributed by atoms with Gasteiger partial charge in [0.1, 0.15) is 5.38 Å². The smallest absolute Gasteiger partial charge is 0.245 e. The average Bonchev–Trinajstić information content (AvgIpc) is 2.63. The number of hydrogen-bond acceptors (Lipinski definition) is 2. The largest absolute Gasteiger partial charge is 0.354 e. The van der Waals surface area contributed by atoms with E-state index >= 15 is 0 Å². The van der Waals surface area contributed by atoms with Crippen LogP contribution in [0.4, 0.5) is 0 Å². The van der Waals surface area contributed by atoms with Gasteiger partial charge in [-0.05, 0) is 5.56 Å². The zero-order chi connectivity index (χ0) is 13.0. The molecule has 1 N–H and O–H groups in total. The Morgan fingerprint density at radius 3 is 2.72 bits per heavy atom. The van der Waals surface area contributed by atoms with Crippen molar-refractivity contribution in [3.05, 3.63) is 35.9 Å². The van der Waals surface area contributed by atoms with Gasteiger partial charge in [0.25, 0.3) is 0 Å². The van der Waals surface area contributed by atoms with Crippen LogP contribution in [0.2, 0.25) is 0 Å². The summed E-state index contributed by atoms with van der Waals surface area (Å²) in [6, 6.07) is 9.25. The number of benzene rings is 1. The van der Waals surface area contributed by atoms with E-state index in [-0.39, 0.29) is 11.8 Å². The standard InChI is InChI=1S/C13H15ClN2O2/c14-12(10-4-2-1-3-5-10)13(18)16-8-6-11(17)15-7-9-16/h1-5,12H,6-9H2,(H,15,17). The van der Waals surface area contributed by atoms with Crippen molar-refractivity contribution in [2.45, 2.75) is 11.8 Å². The average molecular weight is 267 g/mol. The maximum absolute atomic E-state index is 12.2. The Balaban J connectivity index is 2.04. The maximum atomic E-state index is 12.2. The van der Waals surface area contributed by atoms with Crippen LogP contribution in [0.1, 0.15) is 17.4 Å². The Labute approximate surface area is 111 Å². The number of rotatable bonds is 2. The predicted octanol–water partition coefficient (Wildman–Crippen LogP) is 1.31. The summed E-state index contributed by atoms with van der Waals surface area (Å²) in [6.45, 7) is 1.43. The van der Waals surface area contributed by atoms with Crippen LogP contribution in [0.15, 0.2) is 30.3 Å². The van der Waals surface area contributed by atoms with Gasteiger partial charge in [0, 0.05) is 26.1 Å². The first kappa shape index (κ1) is 12.9. The quantitative estimate of drug-likeness (QED) is 0.821. The molecule has 96 valence electrons. The topological polar surface area (TPSA) is 49.4 Å². The van der Waals surface area contributed by atoms with E-state index in [0.29, 0.717) is 26.1 Å². The van der Waals surface area contributed by atoms with Gasteiger partial charge in [-0.3, -0.25) is 9.59 Å². The van der Waals surface area contributed by atoms with Gasteiger partial charge in [0.05, 0.1) is 0 Å². The van der Waals surface area contributed by atoms with Crippen LogP contribution in [0.5, 0.6) is 0 Å². The summed E-state index contributed by atoms with van der Waals surface area (Å²) < 4.78 is 0. The van der Waals surface area contributed by atoms with Crippen molar-refractivity contribution in [2.75, 3.05) is 19.6 Å². The first-order valence-electron chi connectivity index (χ1n) is 5.93. The molecule has 0 bridgehead atoms. The second kappa shape index (κ2) is 5.87. The van der Waals surface area contributed by atoms with E-state index in [9.17, 15) is 9.59 Å². The molecule has 1 fully saturated rings. The molecule has 0 aromatic heterocycles. The molecule has 1 heterocycles. The molecule has 0 spiro atoms. The summed E-state index contributed by atoms with van der Waals surface area (Å²) in [5.74, 6) is -0.157. The molecule has 0 aliphatic carbocycles. The minimum atomic E-state index is -0.681. The second-order valence-corrected chi connectivity index (χ2v) is 4.63. The Kier molecular flexibility index (Phi) is 4.20. The lowest BCUT2D eigenvalue weighted by Crippen LogP contribution is -2.36. The van der Waals surface area contributed by atoms with E-state index in [4.69, 9.17) is 11.6 Å². The van der Waals surface area contributed by atoms with Crippen LogP contribution < -0.4 is 5.32 Å². The van der Waals surface area contributed by atoms with E-state index in [2.05, 4.69) is 5.32 Å². The number of halogens is 1. The third-order valence-electron chi connectivity index (χ3n) is 2.93. The molecule has 5 heteroatoms. The van der Waals surface area contributed by atoms with Gasteiger partial charge >= 0.3 is 0 Å². The fourth-order valence-electron chi connectivity index (χ4n) is 1.91. The summed E-state index contributed by atoms with van der Waals surface area (Å²) in [7, 11) is 0. The summed E-state index contributed by atoms with van der Waals surface area (Å²) in [4.78, 5) is 25.1. The van der Waals surface area contributed by atoms with E-state index in [1.165, 1.54) is 0 Å². The Hall–Kier alpha value is -1.55. The van der Waals surface area contributed by atoms with Crippen molar-refractivity contribution in [3.8, 4) is 0 Å². The summed E-state index contributed by atoms with van der Waals surface area (Å²) in [6.07, 6.45) is 0.337. The third kappa shape index (κ3) is 3.01. The molecule has 4 nitrogen and oxygen atoms in total. The monoisotopic (exact) mass is 266 g/mol. The van der Waals surface area contributed by atoms with Crippen LogP contribution in [-0.2, 0) is 9.59 Å². The Morgan fingerprint density at radius 1 is 1.28 bits per heavy atom. The minimum absolute atomic E-state index is 0.0175. The van der Waals surface area contributed by atoms with Crippen LogP contribution in [0.25, 0.3) is 0 Å². The number of nitrogens with one attached hydrogen (secondary N) is 1. The molecule has 1 unspecified atom stereocenters. The van der Waals surface area contributed by atoms with Crippen molar-refractivity contribution in [1.29, 1.82) is 0 Å². The first-order chi connectivity index (χ1) is 8.68. The fourth-order valence-corrected chi connectivity index (χ4v) is 2.20. The highest BCUT2D eigenvalue weighted by molar-refractivity contribution is 6.30. The van der Waals surface area contributed by atoms with Crippen molar-refractivity contribution >= 4 is 23.4 Å². The molecule has 1 saturated heterocycles. The summed E-state index contributed by atoms with van der Waals surface area (Å²) >= 11 is 6.18. The van der Waals surface area contributed by atoms with E-state index in [1.807, 2.05) is 30.3 Å². The number of nitrogens with zero attached hydrogens (tertiary/aromatic N) is 1. The van der Waals surface area contributed by atoms with Crippen LogP contribution in [-0.4, -0.2) is 36.3 Å². The highest BCUT2D eigenvalue weighted by Gasteiger charge is 2.25. The molecule has 1 aromatic carbocycles. The fraction of sp³-hybridized carbons (Fsp3) is 0.385. The van der Waals surface area contributed by atoms with Crippen molar-refractivity contribution in [1.82, 2.24) is 10.2 Å². The van der Waals surface area contributed by atoms with Gasteiger partial charge < -0.3 is 10.2 Å². The molecule has 2 amide bonds. The highest BCUT2D eigenvalue weighted by atomic mass is 35.5. The molecule has 1 aliphatic rings. The molecular formula is C13H15ClN2O2. The Bertz CT molecular complexity index is 436. The lowest BCUT2D eigenvalue weighted by molar-refractivity contribution is -0.130. The predicted molar refractivity (Wildman–Crippen MR) is 69.2 cm³/mol. The second-order valence-electron chi connectivity index (χ2n) is 4.20. The molecule has 1 atom stereocenters. The van der Waals surface area contributed by atoms with E-state index in [1.54, 1.807) is 4.90 Å². The zero-order valence-electron chi connectivity index (χ0n) is 9.93.